The molecule has 1 heterocycles. The highest BCUT2D eigenvalue weighted by Crippen LogP contribution is 2.27. The average molecular weight is 264 g/mol. The number of aliphatic carboxylic acids is 1. The van der Waals surface area contributed by atoms with Crippen LogP contribution in [0.4, 0.5) is 4.39 Å². The van der Waals surface area contributed by atoms with Gasteiger partial charge in [0.1, 0.15) is 0 Å². The van der Waals surface area contributed by atoms with Gasteiger partial charge >= 0.3 is 5.97 Å². The van der Waals surface area contributed by atoms with Crippen molar-refractivity contribution >= 4 is 5.97 Å². The molecule has 2 N–H and O–H groups in total. The zero-order chi connectivity index (χ0) is 14.0. The van der Waals surface area contributed by atoms with Gasteiger partial charge in [-0.25, -0.2) is 4.39 Å². The molecule has 2 rings (SSSR count). The molecule has 0 bridgehead atoms. The number of carboxylic acids is 1. The van der Waals surface area contributed by atoms with E-state index in [4.69, 9.17) is 9.84 Å². The molecule has 0 unspecified atom stereocenters. The topological polar surface area (TPSA) is 75.2 Å². The van der Waals surface area contributed by atoms with Crippen molar-refractivity contribution in [2.75, 3.05) is 7.11 Å². The van der Waals surface area contributed by atoms with Crippen molar-refractivity contribution in [2.24, 2.45) is 0 Å². The molecule has 2 aromatic rings. The number of nitrogens with zero attached hydrogens (tertiary/aromatic N) is 1. The second-order valence-electron chi connectivity index (χ2n) is 4.10. The monoisotopic (exact) mass is 264 g/mol. The quantitative estimate of drug-likeness (QED) is 0.887. The van der Waals surface area contributed by atoms with Crippen LogP contribution < -0.4 is 4.74 Å². The van der Waals surface area contributed by atoms with Gasteiger partial charge in [0, 0.05) is 11.3 Å². The van der Waals surface area contributed by atoms with Crippen molar-refractivity contribution in [3.8, 4) is 17.0 Å². The number of aromatic nitrogens is 2. The number of benzene rings is 1. The summed E-state index contributed by atoms with van der Waals surface area (Å²) in [7, 11) is 1.39. The number of methoxy groups -OCH3 is 1. The number of carboxylic acid groups (broad SMARTS) is 1. The number of nitrogens with one attached hydrogen (secondary N) is 1. The summed E-state index contributed by atoms with van der Waals surface area (Å²) in [6, 6.07) is 4.50. The molecule has 0 saturated carbocycles. The van der Waals surface area contributed by atoms with Gasteiger partial charge in [0.05, 0.1) is 19.2 Å². The molecule has 0 radical (unpaired) electrons. The summed E-state index contributed by atoms with van der Waals surface area (Å²) < 4.78 is 18.5. The fourth-order valence-corrected chi connectivity index (χ4v) is 1.85. The molecule has 0 amide bonds. The van der Waals surface area contributed by atoms with Gasteiger partial charge in [0.15, 0.2) is 11.6 Å². The third kappa shape index (κ3) is 2.57. The summed E-state index contributed by atoms with van der Waals surface area (Å²) in [6.07, 6.45) is -0.141. The lowest BCUT2D eigenvalue weighted by atomic mass is 10.1. The Kier molecular flexibility index (Phi) is 3.50. The lowest BCUT2D eigenvalue weighted by Crippen LogP contribution is -2.01. The SMILES string of the molecule is COc1ccc(-c2n[nH]c(CC(=O)O)c2C)cc1F. The van der Waals surface area contributed by atoms with Gasteiger partial charge < -0.3 is 9.84 Å². The molecule has 100 valence electrons. The van der Waals surface area contributed by atoms with Gasteiger partial charge in [-0.1, -0.05) is 0 Å². The molecule has 6 heteroatoms. The van der Waals surface area contributed by atoms with Crippen molar-refractivity contribution in [1.82, 2.24) is 10.2 Å². The summed E-state index contributed by atoms with van der Waals surface area (Å²) in [5.74, 6) is -1.27. The fourth-order valence-electron chi connectivity index (χ4n) is 1.85. The normalized spacial score (nSPS) is 10.5. The maximum atomic E-state index is 13.6. The molecule has 1 aromatic carbocycles. The first-order valence-corrected chi connectivity index (χ1v) is 5.62. The minimum Gasteiger partial charge on any atom is -0.494 e. The van der Waals surface area contributed by atoms with Crippen LogP contribution in [-0.2, 0) is 11.2 Å². The number of rotatable bonds is 4. The van der Waals surface area contributed by atoms with E-state index in [1.54, 1.807) is 13.0 Å². The van der Waals surface area contributed by atoms with Crippen molar-refractivity contribution in [2.45, 2.75) is 13.3 Å². The van der Waals surface area contributed by atoms with Gasteiger partial charge in [-0.2, -0.15) is 5.10 Å². The summed E-state index contributed by atoms with van der Waals surface area (Å²) in [5, 5.41) is 15.5. The van der Waals surface area contributed by atoms with Gasteiger partial charge in [-0.05, 0) is 30.7 Å². The molecule has 0 spiro atoms. The van der Waals surface area contributed by atoms with E-state index in [1.807, 2.05) is 0 Å². The molecule has 0 aliphatic rings. The van der Waals surface area contributed by atoms with Crippen LogP contribution in [0.1, 0.15) is 11.3 Å². The molecule has 1 aromatic heterocycles. The van der Waals surface area contributed by atoms with E-state index in [0.717, 1.165) is 0 Å². The molecule has 0 fully saturated rings. The van der Waals surface area contributed by atoms with E-state index >= 15 is 0 Å². The standard InChI is InChI=1S/C13H13FN2O3/c1-7-10(6-12(17)18)15-16-13(7)8-3-4-11(19-2)9(14)5-8/h3-5H,6H2,1-2H3,(H,15,16)(H,17,18). The first-order chi connectivity index (χ1) is 9.02. The molecule has 0 atom stereocenters. The molecule has 19 heavy (non-hydrogen) atoms. The van der Waals surface area contributed by atoms with Crippen LogP contribution in [0.2, 0.25) is 0 Å². The summed E-state index contributed by atoms with van der Waals surface area (Å²) in [4.78, 5) is 10.7. The summed E-state index contributed by atoms with van der Waals surface area (Å²) in [5.41, 5.74) is 2.33. The third-order valence-electron chi connectivity index (χ3n) is 2.86. The second kappa shape index (κ2) is 5.09. The van der Waals surface area contributed by atoms with Crippen LogP contribution in [0.15, 0.2) is 18.2 Å². The Hall–Kier alpha value is -2.37. The number of ether oxygens (including phenoxy) is 1. The van der Waals surface area contributed by atoms with E-state index in [1.165, 1.54) is 19.2 Å². The second-order valence-corrected chi connectivity index (χ2v) is 4.10. The first kappa shape index (κ1) is 13.1. The molecular formula is C13H13FN2O3. The lowest BCUT2D eigenvalue weighted by Gasteiger charge is -2.04. The van der Waals surface area contributed by atoms with E-state index in [2.05, 4.69) is 10.2 Å². The van der Waals surface area contributed by atoms with Gasteiger partial charge in [-0.3, -0.25) is 9.89 Å². The van der Waals surface area contributed by atoms with Crippen LogP contribution in [-0.4, -0.2) is 28.4 Å². The lowest BCUT2D eigenvalue weighted by molar-refractivity contribution is -0.136. The predicted octanol–water partition coefficient (Wildman–Crippen LogP) is 2.16. The molecule has 5 nitrogen and oxygen atoms in total. The Labute approximate surface area is 109 Å². The van der Waals surface area contributed by atoms with Crippen molar-refractivity contribution in [1.29, 1.82) is 0 Å². The number of H-pyrrole nitrogens is 1. The number of carbonyl (C=O) groups is 1. The minimum absolute atomic E-state index is 0.141. The minimum atomic E-state index is -0.945. The number of halogens is 1. The number of hydrogen-bond donors (Lipinski definition) is 2. The Morgan fingerprint density at radius 3 is 2.84 bits per heavy atom. The molecule has 0 aliphatic heterocycles. The van der Waals surface area contributed by atoms with E-state index in [0.29, 0.717) is 22.5 Å². The largest absolute Gasteiger partial charge is 0.494 e. The Morgan fingerprint density at radius 1 is 1.53 bits per heavy atom. The van der Waals surface area contributed by atoms with Gasteiger partial charge in [-0.15, -0.1) is 0 Å². The van der Waals surface area contributed by atoms with E-state index in [-0.39, 0.29) is 12.2 Å². The Morgan fingerprint density at radius 2 is 2.26 bits per heavy atom. The Balaban J connectivity index is 2.39. The maximum absolute atomic E-state index is 13.6. The number of aromatic amines is 1. The van der Waals surface area contributed by atoms with Crippen LogP contribution >= 0.6 is 0 Å². The fraction of sp³-hybridized carbons (Fsp3) is 0.231. The molecule has 0 aliphatic carbocycles. The predicted molar refractivity (Wildman–Crippen MR) is 66.6 cm³/mol. The zero-order valence-electron chi connectivity index (χ0n) is 10.5. The van der Waals surface area contributed by atoms with Crippen molar-refractivity contribution < 1.29 is 19.0 Å². The zero-order valence-corrected chi connectivity index (χ0v) is 10.5. The van der Waals surface area contributed by atoms with Gasteiger partial charge in [0.25, 0.3) is 0 Å². The first-order valence-electron chi connectivity index (χ1n) is 5.62. The molecule has 0 saturated heterocycles. The van der Waals surface area contributed by atoms with E-state index in [9.17, 15) is 9.18 Å². The summed E-state index contributed by atoms with van der Waals surface area (Å²) in [6.45, 7) is 1.75. The van der Waals surface area contributed by atoms with Crippen LogP contribution in [0.5, 0.6) is 5.75 Å². The van der Waals surface area contributed by atoms with Crippen LogP contribution in [0.25, 0.3) is 11.3 Å². The highest BCUT2D eigenvalue weighted by atomic mass is 19.1. The van der Waals surface area contributed by atoms with Crippen molar-refractivity contribution in [3.63, 3.8) is 0 Å². The highest BCUT2D eigenvalue weighted by Gasteiger charge is 2.14. The van der Waals surface area contributed by atoms with E-state index < -0.39 is 11.8 Å². The summed E-state index contributed by atoms with van der Waals surface area (Å²) >= 11 is 0. The molecular weight excluding hydrogens is 251 g/mol. The maximum Gasteiger partial charge on any atom is 0.309 e. The average Bonchev–Trinajstić information content (AvgIpc) is 2.70. The number of hydrogen-bond acceptors (Lipinski definition) is 3. The van der Waals surface area contributed by atoms with Crippen LogP contribution in [0.3, 0.4) is 0 Å². The van der Waals surface area contributed by atoms with Crippen molar-refractivity contribution in [3.05, 3.63) is 35.3 Å². The van der Waals surface area contributed by atoms with Crippen LogP contribution in [0, 0.1) is 12.7 Å². The van der Waals surface area contributed by atoms with Gasteiger partial charge in [0.2, 0.25) is 0 Å². The third-order valence-corrected chi connectivity index (χ3v) is 2.86. The Bertz CT molecular complexity index is 622. The highest BCUT2D eigenvalue weighted by molar-refractivity contribution is 5.72. The smallest absolute Gasteiger partial charge is 0.309 e.